The Morgan fingerprint density at radius 2 is 1.76 bits per heavy atom. The molecule has 25 heavy (non-hydrogen) atoms. The lowest BCUT2D eigenvalue weighted by Crippen LogP contribution is -2.27. The molecule has 7 nitrogen and oxygen atoms in total. The van der Waals surface area contributed by atoms with Crippen LogP contribution < -0.4 is 10.7 Å². The average molecular weight is 347 g/mol. The summed E-state index contributed by atoms with van der Waals surface area (Å²) in [6.45, 7) is 7.33. The number of carbonyl (C=O) groups excluding carboxylic acids is 3. The lowest BCUT2D eigenvalue weighted by atomic mass is 10.0. The van der Waals surface area contributed by atoms with Gasteiger partial charge in [0, 0.05) is 23.4 Å². The van der Waals surface area contributed by atoms with Gasteiger partial charge in [-0.15, -0.1) is 0 Å². The highest BCUT2D eigenvalue weighted by Crippen LogP contribution is 2.11. The van der Waals surface area contributed by atoms with E-state index in [1.807, 2.05) is 6.92 Å². The maximum absolute atomic E-state index is 12.1. The van der Waals surface area contributed by atoms with E-state index in [9.17, 15) is 14.4 Å². The minimum Gasteiger partial charge on any atom is -0.465 e. The van der Waals surface area contributed by atoms with Crippen molar-refractivity contribution >= 4 is 29.2 Å². The van der Waals surface area contributed by atoms with Crippen LogP contribution in [0.1, 0.15) is 50.9 Å². The highest BCUT2D eigenvalue weighted by Gasteiger charge is 2.21. The van der Waals surface area contributed by atoms with E-state index in [1.54, 1.807) is 45.0 Å². The molecule has 0 aliphatic heterocycles. The van der Waals surface area contributed by atoms with Crippen LogP contribution >= 0.6 is 0 Å². The Balaban J connectivity index is 2.71. The number of hydrogen-bond acceptors (Lipinski definition) is 5. The summed E-state index contributed by atoms with van der Waals surface area (Å²) in [6, 6.07) is 6.47. The summed E-state index contributed by atoms with van der Waals surface area (Å²) in [6.07, 6.45) is 0.922. The first-order valence-electron chi connectivity index (χ1n) is 8.33. The zero-order valence-corrected chi connectivity index (χ0v) is 15.1. The Morgan fingerprint density at radius 3 is 2.28 bits per heavy atom. The molecule has 0 saturated heterocycles. The van der Waals surface area contributed by atoms with Crippen molar-refractivity contribution in [2.45, 2.75) is 40.5 Å². The van der Waals surface area contributed by atoms with Crippen LogP contribution in [0.4, 0.5) is 5.69 Å². The number of esters is 1. The maximum Gasteiger partial charge on any atom is 0.314 e. The first-order valence-corrected chi connectivity index (χ1v) is 8.33. The lowest BCUT2D eigenvalue weighted by molar-refractivity contribution is -0.145. The van der Waals surface area contributed by atoms with E-state index < -0.39 is 11.8 Å². The molecule has 0 radical (unpaired) electrons. The number of nitrogens with one attached hydrogen (secondary N) is 2. The van der Waals surface area contributed by atoms with Gasteiger partial charge < -0.3 is 10.1 Å². The molecular weight excluding hydrogens is 322 g/mol. The molecule has 0 aliphatic rings. The van der Waals surface area contributed by atoms with E-state index in [0.29, 0.717) is 36.4 Å². The molecule has 1 aromatic carbocycles. The normalized spacial score (nSPS) is 12.2. The van der Waals surface area contributed by atoms with Gasteiger partial charge >= 0.3 is 5.97 Å². The fourth-order valence-electron chi connectivity index (χ4n) is 2.11. The molecule has 0 fully saturated rings. The highest BCUT2D eigenvalue weighted by atomic mass is 16.5. The summed E-state index contributed by atoms with van der Waals surface area (Å²) < 4.78 is 4.99. The number of nitrogens with zero attached hydrogens (tertiary/aromatic N) is 1. The van der Waals surface area contributed by atoms with Gasteiger partial charge in [-0.05, 0) is 44.5 Å². The molecule has 1 atom stereocenters. The highest BCUT2D eigenvalue weighted by molar-refractivity contribution is 6.02. The summed E-state index contributed by atoms with van der Waals surface area (Å²) in [4.78, 5) is 35.3. The average Bonchev–Trinajstić information content (AvgIpc) is 2.61. The van der Waals surface area contributed by atoms with E-state index in [1.165, 1.54) is 0 Å². The van der Waals surface area contributed by atoms with Crippen LogP contribution in [0.2, 0.25) is 0 Å². The van der Waals surface area contributed by atoms with Gasteiger partial charge in [-0.2, -0.15) is 5.10 Å². The van der Waals surface area contributed by atoms with E-state index in [4.69, 9.17) is 4.74 Å². The number of anilines is 1. The molecule has 0 bridgehead atoms. The van der Waals surface area contributed by atoms with Crippen LogP contribution in [0.3, 0.4) is 0 Å². The van der Waals surface area contributed by atoms with Crippen LogP contribution in [0.15, 0.2) is 29.4 Å². The van der Waals surface area contributed by atoms with E-state index in [2.05, 4.69) is 15.8 Å². The summed E-state index contributed by atoms with van der Waals surface area (Å²) in [5, 5.41) is 6.71. The molecule has 136 valence electrons. The third-order valence-corrected chi connectivity index (χ3v) is 3.57. The summed E-state index contributed by atoms with van der Waals surface area (Å²) in [5.74, 6) is -1.32. The molecule has 1 unspecified atom stereocenters. The first-order chi connectivity index (χ1) is 11.9. The molecule has 0 heterocycles. The molecule has 2 N–H and O–H groups in total. The number of amides is 2. The fraction of sp³-hybridized carbons (Fsp3) is 0.444. The second-order valence-electron chi connectivity index (χ2n) is 5.39. The predicted molar refractivity (Wildman–Crippen MR) is 96.4 cm³/mol. The van der Waals surface area contributed by atoms with Gasteiger partial charge in [-0.25, -0.2) is 5.43 Å². The van der Waals surface area contributed by atoms with Crippen molar-refractivity contribution in [2.24, 2.45) is 11.0 Å². The molecular formula is C18H25N3O4. The Bertz CT molecular complexity index is 638. The number of rotatable bonds is 8. The molecule has 0 aliphatic carbocycles. The van der Waals surface area contributed by atoms with E-state index in [-0.39, 0.29) is 11.9 Å². The van der Waals surface area contributed by atoms with Crippen LogP contribution in [0, 0.1) is 5.92 Å². The number of carbonyl (C=O) groups is 3. The van der Waals surface area contributed by atoms with Crippen LogP contribution in [0.5, 0.6) is 0 Å². The van der Waals surface area contributed by atoms with Gasteiger partial charge in [0.1, 0.15) is 0 Å². The Labute approximate surface area is 147 Å². The molecule has 0 spiro atoms. The van der Waals surface area contributed by atoms with E-state index >= 15 is 0 Å². The zero-order valence-electron chi connectivity index (χ0n) is 15.1. The molecule has 7 heteroatoms. The second-order valence-corrected chi connectivity index (χ2v) is 5.39. The second kappa shape index (κ2) is 10.2. The first kappa shape index (κ1) is 20.3. The van der Waals surface area contributed by atoms with Crippen LogP contribution in [0.25, 0.3) is 0 Å². The third-order valence-electron chi connectivity index (χ3n) is 3.57. The van der Waals surface area contributed by atoms with Gasteiger partial charge in [0.15, 0.2) is 0 Å². The molecule has 0 saturated carbocycles. The van der Waals surface area contributed by atoms with Crippen molar-refractivity contribution in [3.63, 3.8) is 0 Å². The summed E-state index contributed by atoms with van der Waals surface area (Å²) >= 11 is 0. The number of hydrazone groups is 1. The van der Waals surface area contributed by atoms with Gasteiger partial charge in [0.05, 0.1) is 12.5 Å². The molecule has 0 aromatic heterocycles. The molecule has 1 rings (SSSR count). The van der Waals surface area contributed by atoms with Crippen molar-refractivity contribution in [2.75, 3.05) is 11.9 Å². The molecule has 2 amide bonds. The maximum atomic E-state index is 12.1. The topological polar surface area (TPSA) is 96.9 Å². The Kier molecular flexibility index (Phi) is 8.32. The lowest BCUT2D eigenvalue weighted by Gasteiger charge is -2.13. The van der Waals surface area contributed by atoms with Crippen LogP contribution in [-0.4, -0.2) is 30.1 Å². The van der Waals surface area contributed by atoms with E-state index in [0.717, 1.165) is 0 Å². The minimum absolute atomic E-state index is 0.0954. The van der Waals surface area contributed by atoms with Gasteiger partial charge in [-0.3, -0.25) is 14.4 Å². The van der Waals surface area contributed by atoms with Gasteiger partial charge in [-0.1, -0.05) is 13.8 Å². The van der Waals surface area contributed by atoms with Crippen molar-refractivity contribution in [1.29, 1.82) is 0 Å². The van der Waals surface area contributed by atoms with Crippen LogP contribution in [-0.2, 0) is 14.3 Å². The monoisotopic (exact) mass is 347 g/mol. The Morgan fingerprint density at radius 1 is 1.12 bits per heavy atom. The van der Waals surface area contributed by atoms with Gasteiger partial charge in [0.25, 0.3) is 5.91 Å². The number of benzene rings is 1. The Hall–Kier alpha value is -2.70. The smallest absolute Gasteiger partial charge is 0.314 e. The quantitative estimate of drug-likeness (QED) is 0.429. The largest absolute Gasteiger partial charge is 0.465 e. The third kappa shape index (κ3) is 6.37. The molecule has 1 aromatic rings. The fourth-order valence-corrected chi connectivity index (χ4v) is 2.11. The van der Waals surface area contributed by atoms with Gasteiger partial charge in [0.2, 0.25) is 5.91 Å². The summed E-state index contributed by atoms with van der Waals surface area (Å²) in [5.41, 5.74) is 3.94. The number of hydrogen-bond donors (Lipinski definition) is 2. The zero-order chi connectivity index (χ0) is 18.8. The summed E-state index contributed by atoms with van der Waals surface area (Å²) in [7, 11) is 0. The minimum atomic E-state index is -0.480. The predicted octanol–water partition coefficient (Wildman–Crippen LogP) is 2.73. The number of ether oxygens (including phenoxy) is 1. The standard InChI is InChI=1S/C18H25N3O4/c1-5-15(18(24)25-7-3)12(4)20-21-17(23)13-8-10-14(11-9-13)19-16(22)6-2/h8-11,15H,5-7H2,1-4H3,(H,19,22)(H,21,23)/b20-12+. The van der Waals surface area contributed by atoms with Crippen molar-refractivity contribution in [1.82, 2.24) is 5.43 Å². The van der Waals surface area contributed by atoms with Crippen molar-refractivity contribution < 1.29 is 19.1 Å². The van der Waals surface area contributed by atoms with Crippen molar-refractivity contribution in [3.05, 3.63) is 29.8 Å². The SMILES string of the molecule is CCOC(=O)C(CC)/C(C)=N/NC(=O)c1ccc(NC(=O)CC)cc1. The van der Waals surface area contributed by atoms with Crippen molar-refractivity contribution in [3.8, 4) is 0 Å².